The first-order valence-corrected chi connectivity index (χ1v) is 8.20. The van der Waals surface area contributed by atoms with Gasteiger partial charge >= 0.3 is 12.6 Å². The van der Waals surface area contributed by atoms with E-state index >= 15 is 0 Å². The van der Waals surface area contributed by atoms with Crippen LogP contribution in [0.2, 0.25) is 0 Å². The van der Waals surface area contributed by atoms with Gasteiger partial charge in [0.1, 0.15) is 6.61 Å². The molecule has 2 rings (SSSR count). The van der Waals surface area contributed by atoms with Gasteiger partial charge in [-0.25, -0.2) is 0 Å². The number of anilines is 2. The number of carbonyl (C=O) groups excluding carboxylic acids is 4. The molecule has 14 heteroatoms. The summed E-state index contributed by atoms with van der Waals surface area (Å²) < 4.78 is 70.0. The number of ether oxygens (including phenoxy) is 1. The molecule has 0 spiro atoms. The molecule has 164 valence electrons. The summed E-state index contributed by atoms with van der Waals surface area (Å²) in [4.78, 5) is 47.1. The highest BCUT2D eigenvalue weighted by Crippen LogP contribution is 2.38. The molecule has 0 aromatic heterocycles. The lowest BCUT2D eigenvalue weighted by atomic mass is 10.1. The molecule has 30 heavy (non-hydrogen) atoms. The van der Waals surface area contributed by atoms with Gasteiger partial charge in [0, 0.05) is 12.2 Å². The first kappa shape index (κ1) is 23.0. The molecule has 1 saturated heterocycles. The van der Waals surface area contributed by atoms with Crippen LogP contribution in [0, 0.1) is 0 Å². The van der Waals surface area contributed by atoms with Crippen LogP contribution in [-0.4, -0.2) is 55.9 Å². The lowest BCUT2D eigenvalue weighted by Crippen LogP contribution is -2.53. The third kappa shape index (κ3) is 5.40. The van der Waals surface area contributed by atoms with Gasteiger partial charge in [-0.1, -0.05) is 0 Å². The second-order valence-corrected chi connectivity index (χ2v) is 5.96. The Morgan fingerprint density at radius 3 is 2.37 bits per heavy atom. The highest BCUT2D eigenvalue weighted by Gasteiger charge is 2.37. The van der Waals surface area contributed by atoms with Gasteiger partial charge in [-0.05, 0) is 18.2 Å². The SMILES string of the molecule is NC(=O)[C@H](NC(=O)C(F)F)C(=O)Nc1ccc(N2CCOCC2=O)c(C(F)(F)F)c1. The topological polar surface area (TPSA) is 131 Å². The van der Waals surface area contributed by atoms with Crippen molar-refractivity contribution in [2.24, 2.45) is 5.73 Å². The Labute approximate surface area is 165 Å². The Morgan fingerprint density at radius 1 is 1.17 bits per heavy atom. The largest absolute Gasteiger partial charge is 0.418 e. The van der Waals surface area contributed by atoms with Crippen molar-refractivity contribution in [3.8, 4) is 0 Å². The number of morpholine rings is 1. The fourth-order valence-electron chi connectivity index (χ4n) is 2.53. The van der Waals surface area contributed by atoms with Crippen LogP contribution in [0.1, 0.15) is 5.56 Å². The molecule has 9 nitrogen and oxygen atoms in total. The number of benzene rings is 1. The maximum absolute atomic E-state index is 13.5. The minimum atomic E-state index is -4.93. The molecule has 1 aromatic carbocycles. The van der Waals surface area contributed by atoms with Crippen molar-refractivity contribution in [3.63, 3.8) is 0 Å². The summed E-state index contributed by atoms with van der Waals surface area (Å²) in [5, 5.41) is 3.28. The number of nitrogens with zero attached hydrogens (tertiary/aromatic N) is 1. The number of rotatable bonds is 6. The summed E-state index contributed by atoms with van der Waals surface area (Å²) in [5.41, 5.74) is 2.65. The van der Waals surface area contributed by atoms with E-state index in [4.69, 9.17) is 10.5 Å². The van der Waals surface area contributed by atoms with Crippen LogP contribution >= 0.6 is 0 Å². The van der Waals surface area contributed by atoms with Gasteiger partial charge in [0.05, 0.1) is 17.9 Å². The molecule has 0 saturated carbocycles. The number of carbonyl (C=O) groups is 4. The Kier molecular flexibility index (Phi) is 6.92. The van der Waals surface area contributed by atoms with Crippen LogP contribution in [0.25, 0.3) is 0 Å². The molecule has 0 radical (unpaired) electrons. The van der Waals surface area contributed by atoms with E-state index in [0.717, 1.165) is 17.0 Å². The molecule has 1 aromatic rings. The number of primary amides is 1. The van der Waals surface area contributed by atoms with E-state index in [1.54, 1.807) is 0 Å². The molecule has 0 unspecified atom stereocenters. The second kappa shape index (κ2) is 9.02. The molecule has 1 aliphatic rings. The van der Waals surface area contributed by atoms with E-state index in [9.17, 15) is 41.1 Å². The van der Waals surface area contributed by atoms with E-state index in [0.29, 0.717) is 6.07 Å². The fourth-order valence-corrected chi connectivity index (χ4v) is 2.53. The average Bonchev–Trinajstić information content (AvgIpc) is 2.65. The molecular formula is C16H15F5N4O5. The Morgan fingerprint density at radius 2 is 1.83 bits per heavy atom. The number of amides is 4. The normalized spacial score (nSPS) is 15.7. The third-order valence-corrected chi connectivity index (χ3v) is 3.88. The lowest BCUT2D eigenvalue weighted by molar-refractivity contribution is -0.138. The van der Waals surface area contributed by atoms with E-state index in [2.05, 4.69) is 0 Å². The van der Waals surface area contributed by atoms with Crippen molar-refractivity contribution in [3.05, 3.63) is 23.8 Å². The molecule has 4 amide bonds. The summed E-state index contributed by atoms with van der Waals surface area (Å²) in [6, 6.07) is 0.154. The Balaban J connectivity index is 2.31. The predicted octanol–water partition coefficient (Wildman–Crippen LogP) is 0.242. The molecule has 0 aliphatic carbocycles. The lowest BCUT2D eigenvalue weighted by Gasteiger charge is -2.29. The maximum Gasteiger partial charge on any atom is 0.418 e. The minimum absolute atomic E-state index is 0.0195. The van der Waals surface area contributed by atoms with Crippen LogP contribution in [-0.2, 0) is 30.1 Å². The molecule has 1 atom stereocenters. The summed E-state index contributed by atoms with van der Waals surface area (Å²) in [5.74, 6) is -5.61. The van der Waals surface area contributed by atoms with E-state index < -0.39 is 65.8 Å². The number of alkyl halides is 5. The molecule has 0 bridgehead atoms. The van der Waals surface area contributed by atoms with Gasteiger partial charge in [0.2, 0.25) is 5.91 Å². The zero-order valence-electron chi connectivity index (χ0n) is 15.0. The molecular weight excluding hydrogens is 423 g/mol. The fraction of sp³-hybridized carbons (Fsp3) is 0.375. The van der Waals surface area contributed by atoms with Gasteiger partial charge in [0.25, 0.3) is 17.7 Å². The smallest absolute Gasteiger partial charge is 0.370 e. The number of hydrogen-bond acceptors (Lipinski definition) is 5. The number of nitrogens with one attached hydrogen (secondary N) is 2. The van der Waals surface area contributed by atoms with Gasteiger partial charge in [0.15, 0.2) is 6.04 Å². The van der Waals surface area contributed by atoms with Crippen LogP contribution < -0.4 is 21.3 Å². The molecule has 1 heterocycles. The van der Waals surface area contributed by atoms with Crippen molar-refractivity contribution in [2.45, 2.75) is 18.6 Å². The third-order valence-electron chi connectivity index (χ3n) is 3.88. The van der Waals surface area contributed by atoms with Gasteiger partial charge in [-0.15, -0.1) is 0 Å². The number of nitrogens with two attached hydrogens (primary N) is 1. The van der Waals surface area contributed by atoms with E-state index in [1.807, 2.05) is 5.32 Å². The monoisotopic (exact) mass is 438 g/mol. The average molecular weight is 438 g/mol. The van der Waals surface area contributed by atoms with Crippen molar-refractivity contribution < 1.29 is 45.9 Å². The summed E-state index contributed by atoms with van der Waals surface area (Å²) in [7, 11) is 0. The van der Waals surface area contributed by atoms with Crippen molar-refractivity contribution in [2.75, 3.05) is 30.0 Å². The van der Waals surface area contributed by atoms with Crippen LogP contribution in [0.5, 0.6) is 0 Å². The second-order valence-electron chi connectivity index (χ2n) is 5.96. The summed E-state index contributed by atoms with van der Waals surface area (Å²) in [6.45, 7) is -0.511. The number of halogens is 5. The molecule has 1 aliphatic heterocycles. The van der Waals surface area contributed by atoms with Crippen molar-refractivity contribution in [1.29, 1.82) is 0 Å². The summed E-state index contributed by atoms with van der Waals surface area (Å²) >= 11 is 0. The standard InChI is InChI=1S/C16H15F5N4O5/c17-12(18)15(29)24-11(13(22)27)14(28)23-7-1-2-9(8(5-7)16(19,20)21)25-3-4-30-6-10(25)26/h1-2,5,11-12H,3-4,6H2,(H2,22,27)(H,23,28)(H,24,29)/t11-/m0/s1. The minimum Gasteiger partial charge on any atom is -0.370 e. The van der Waals surface area contributed by atoms with Crippen LogP contribution in [0.3, 0.4) is 0 Å². The summed E-state index contributed by atoms with van der Waals surface area (Å²) in [6.07, 6.45) is -8.48. The van der Waals surface area contributed by atoms with E-state index in [-0.39, 0.29) is 13.2 Å². The first-order chi connectivity index (χ1) is 13.9. The zero-order chi connectivity index (χ0) is 22.6. The Bertz CT molecular complexity index is 861. The van der Waals surface area contributed by atoms with Crippen LogP contribution in [0.15, 0.2) is 18.2 Å². The highest BCUT2D eigenvalue weighted by molar-refractivity contribution is 6.11. The van der Waals surface area contributed by atoms with E-state index in [1.165, 1.54) is 5.32 Å². The first-order valence-electron chi connectivity index (χ1n) is 8.20. The maximum atomic E-state index is 13.5. The Hall–Kier alpha value is -3.29. The zero-order valence-corrected chi connectivity index (χ0v) is 15.0. The van der Waals surface area contributed by atoms with Gasteiger partial charge < -0.3 is 26.0 Å². The van der Waals surface area contributed by atoms with Gasteiger partial charge in [-0.3, -0.25) is 19.2 Å². The number of hydrogen-bond donors (Lipinski definition) is 3. The highest BCUT2D eigenvalue weighted by atomic mass is 19.4. The molecule has 4 N–H and O–H groups in total. The van der Waals surface area contributed by atoms with Crippen molar-refractivity contribution >= 4 is 35.0 Å². The van der Waals surface area contributed by atoms with Crippen molar-refractivity contribution in [1.82, 2.24) is 5.32 Å². The van der Waals surface area contributed by atoms with Gasteiger partial charge in [-0.2, -0.15) is 22.0 Å². The molecule has 1 fully saturated rings. The quantitative estimate of drug-likeness (QED) is 0.433. The van der Waals surface area contributed by atoms with Crippen LogP contribution in [0.4, 0.5) is 33.3 Å². The predicted molar refractivity (Wildman–Crippen MR) is 90.4 cm³/mol.